The zero-order chi connectivity index (χ0) is 21.2. The molecule has 0 aliphatic heterocycles. The second-order valence-corrected chi connectivity index (χ2v) is 8.24. The molecule has 0 aliphatic carbocycles. The average Bonchev–Trinajstić information content (AvgIpc) is 2.72. The summed E-state index contributed by atoms with van der Waals surface area (Å²) in [6, 6.07) is 13.0. The number of thioether (sulfide) groups is 1. The van der Waals surface area contributed by atoms with Crippen LogP contribution in [0.25, 0.3) is 0 Å². The van der Waals surface area contributed by atoms with Crippen LogP contribution in [0.3, 0.4) is 0 Å². The van der Waals surface area contributed by atoms with Crippen molar-refractivity contribution in [2.45, 2.75) is 44.2 Å². The molecule has 0 radical (unpaired) electrons. The quantitative estimate of drug-likeness (QED) is 0.538. The van der Waals surface area contributed by atoms with Gasteiger partial charge in [0.2, 0.25) is 11.8 Å². The molecule has 0 aliphatic rings. The molecule has 2 rings (SSSR count). The molecule has 0 aromatic heterocycles. The van der Waals surface area contributed by atoms with Gasteiger partial charge in [-0.25, -0.2) is 4.39 Å². The fourth-order valence-electron chi connectivity index (χ4n) is 2.72. The lowest BCUT2D eigenvalue weighted by Crippen LogP contribution is -2.48. The van der Waals surface area contributed by atoms with E-state index >= 15 is 0 Å². The van der Waals surface area contributed by atoms with Crippen LogP contribution in [0.5, 0.6) is 0 Å². The number of amides is 2. The van der Waals surface area contributed by atoms with E-state index in [4.69, 9.17) is 11.6 Å². The topological polar surface area (TPSA) is 49.4 Å². The smallest absolute Gasteiger partial charge is 0.242 e. The molecular formula is C22H26ClFN2O2S. The molecule has 7 heteroatoms. The minimum absolute atomic E-state index is 0.0534. The van der Waals surface area contributed by atoms with E-state index in [2.05, 4.69) is 5.32 Å². The van der Waals surface area contributed by atoms with Crippen LogP contribution >= 0.6 is 23.4 Å². The van der Waals surface area contributed by atoms with E-state index in [1.54, 1.807) is 37.3 Å². The van der Waals surface area contributed by atoms with E-state index in [0.29, 0.717) is 22.9 Å². The maximum absolute atomic E-state index is 14.1. The summed E-state index contributed by atoms with van der Waals surface area (Å²) in [5.41, 5.74) is 0.390. The van der Waals surface area contributed by atoms with Crippen molar-refractivity contribution in [3.63, 3.8) is 0 Å². The van der Waals surface area contributed by atoms with Crippen molar-refractivity contribution >= 4 is 35.2 Å². The van der Waals surface area contributed by atoms with Gasteiger partial charge >= 0.3 is 0 Å². The van der Waals surface area contributed by atoms with E-state index < -0.39 is 6.04 Å². The number of rotatable bonds is 10. The minimum Gasteiger partial charge on any atom is -0.354 e. The fourth-order valence-corrected chi connectivity index (χ4v) is 3.69. The van der Waals surface area contributed by atoms with Gasteiger partial charge in [0.1, 0.15) is 11.9 Å². The number of nitrogens with one attached hydrogen (secondary N) is 1. The van der Waals surface area contributed by atoms with Gasteiger partial charge in [0, 0.05) is 40.7 Å². The van der Waals surface area contributed by atoms with Crippen LogP contribution in [0.4, 0.5) is 4.39 Å². The van der Waals surface area contributed by atoms with Crippen LogP contribution in [0, 0.1) is 5.82 Å². The summed E-state index contributed by atoms with van der Waals surface area (Å²) in [6.45, 7) is 4.23. The van der Waals surface area contributed by atoms with Crippen LogP contribution in [0.2, 0.25) is 5.02 Å². The molecule has 1 unspecified atom stereocenters. The van der Waals surface area contributed by atoms with E-state index in [1.807, 2.05) is 19.1 Å². The largest absolute Gasteiger partial charge is 0.354 e. The Kier molecular flexibility index (Phi) is 9.48. The lowest BCUT2D eigenvalue weighted by atomic mass is 10.1. The van der Waals surface area contributed by atoms with Crippen molar-refractivity contribution in [1.82, 2.24) is 10.2 Å². The van der Waals surface area contributed by atoms with Crippen LogP contribution in [-0.4, -0.2) is 35.1 Å². The van der Waals surface area contributed by atoms with Gasteiger partial charge in [-0.05, 0) is 43.7 Å². The zero-order valence-corrected chi connectivity index (χ0v) is 18.2. The average molecular weight is 437 g/mol. The molecule has 2 aromatic carbocycles. The highest BCUT2D eigenvalue weighted by molar-refractivity contribution is 7.99. The van der Waals surface area contributed by atoms with E-state index in [0.717, 1.165) is 11.3 Å². The van der Waals surface area contributed by atoms with Crippen molar-refractivity contribution in [1.29, 1.82) is 0 Å². The van der Waals surface area contributed by atoms with Gasteiger partial charge in [0.15, 0.2) is 0 Å². The van der Waals surface area contributed by atoms with Crippen LogP contribution in [0.15, 0.2) is 53.4 Å². The van der Waals surface area contributed by atoms with Gasteiger partial charge in [0.05, 0.1) is 0 Å². The highest BCUT2D eigenvalue weighted by atomic mass is 35.5. The van der Waals surface area contributed by atoms with Crippen molar-refractivity contribution < 1.29 is 14.0 Å². The third kappa shape index (κ3) is 7.37. The van der Waals surface area contributed by atoms with Crippen molar-refractivity contribution in [3.05, 3.63) is 64.9 Å². The van der Waals surface area contributed by atoms with Gasteiger partial charge in [-0.3, -0.25) is 9.59 Å². The molecule has 0 heterocycles. The summed E-state index contributed by atoms with van der Waals surface area (Å²) >= 11 is 7.43. The number of carbonyl (C=O) groups excluding carboxylic acids is 2. The Morgan fingerprint density at radius 3 is 2.52 bits per heavy atom. The molecule has 2 aromatic rings. The predicted molar refractivity (Wildman–Crippen MR) is 117 cm³/mol. The zero-order valence-electron chi connectivity index (χ0n) is 16.7. The van der Waals surface area contributed by atoms with Crippen LogP contribution in [-0.2, 0) is 16.1 Å². The third-order valence-electron chi connectivity index (χ3n) is 4.41. The van der Waals surface area contributed by atoms with E-state index in [1.165, 1.54) is 22.7 Å². The molecule has 0 saturated heterocycles. The third-order valence-corrected chi connectivity index (χ3v) is 5.68. The Hall–Kier alpha value is -2.05. The lowest BCUT2D eigenvalue weighted by molar-refractivity contribution is -0.140. The summed E-state index contributed by atoms with van der Waals surface area (Å²) in [5.74, 6) is -0.255. The first kappa shape index (κ1) is 23.2. The summed E-state index contributed by atoms with van der Waals surface area (Å²) < 4.78 is 14.1. The van der Waals surface area contributed by atoms with Gasteiger partial charge in [-0.1, -0.05) is 36.7 Å². The second kappa shape index (κ2) is 11.8. The minimum atomic E-state index is -0.686. The SMILES string of the molecule is CCCNC(=O)C(C)N(Cc1ccccc1F)C(=O)CCSc1ccc(Cl)cc1. The van der Waals surface area contributed by atoms with Crippen molar-refractivity contribution in [3.8, 4) is 0 Å². The Balaban J connectivity index is 2.05. The molecule has 2 amide bonds. The maximum atomic E-state index is 14.1. The van der Waals surface area contributed by atoms with Crippen LogP contribution in [0.1, 0.15) is 32.3 Å². The standard InChI is InChI=1S/C22H26ClFN2O2S/c1-3-13-25-22(28)16(2)26(15-17-6-4-5-7-20(17)24)21(27)12-14-29-19-10-8-18(23)9-11-19/h4-11,16H,3,12-15H2,1-2H3,(H,25,28). The fraction of sp³-hybridized carbons (Fsp3) is 0.364. The summed E-state index contributed by atoms with van der Waals surface area (Å²) in [5, 5.41) is 3.47. The van der Waals surface area contributed by atoms with E-state index in [9.17, 15) is 14.0 Å². The maximum Gasteiger partial charge on any atom is 0.242 e. The molecule has 0 bridgehead atoms. The lowest BCUT2D eigenvalue weighted by Gasteiger charge is -2.29. The molecule has 1 atom stereocenters. The van der Waals surface area contributed by atoms with Gasteiger partial charge in [-0.15, -0.1) is 11.8 Å². The Bertz CT molecular complexity index is 817. The highest BCUT2D eigenvalue weighted by Crippen LogP contribution is 2.22. The number of carbonyl (C=O) groups is 2. The second-order valence-electron chi connectivity index (χ2n) is 6.63. The molecule has 29 heavy (non-hydrogen) atoms. The number of nitrogens with zero attached hydrogens (tertiary/aromatic N) is 1. The predicted octanol–water partition coefficient (Wildman–Crippen LogP) is 4.90. The molecular weight excluding hydrogens is 411 g/mol. The van der Waals surface area contributed by atoms with Crippen molar-refractivity contribution in [2.75, 3.05) is 12.3 Å². The molecule has 0 saturated carbocycles. The molecule has 4 nitrogen and oxygen atoms in total. The number of benzene rings is 2. The summed E-state index contributed by atoms with van der Waals surface area (Å²) in [7, 11) is 0. The van der Waals surface area contributed by atoms with Gasteiger partial charge in [0.25, 0.3) is 0 Å². The number of halogens is 2. The van der Waals surface area contributed by atoms with Crippen molar-refractivity contribution in [2.24, 2.45) is 0 Å². The van der Waals surface area contributed by atoms with E-state index in [-0.39, 0.29) is 30.6 Å². The first-order valence-electron chi connectivity index (χ1n) is 9.61. The molecule has 1 N–H and O–H groups in total. The highest BCUT2D eigenvalue weighted by Gasteiger charge is 2.26. The first-order valence-corrected chi connectivity index (χ1v) is 11.0. The summed E-state index contributed by atoms with van der Waals surface area (Å²) in [6.07, 6.45) is 1.05. The van der Waals surface area contributed by atoms with Gasteiger partial charge < -0.3 is 10.2 Å². The number of hydrogen-bond donors (Lipinski definition) is 1. The van der Waals surface area contributed by atoms with Gasteiger partial charge in [-0.2, -0.15) is 0 Å². The van der Waals surface area contributed by atoms with Crippen LogP contribution < -0.4 is 5.32 Å². The normalized spacial score (nSPS) is 11.7. The first-order chi connectivity index (χ1) is 13.9. The number of hydrogen-bond acceptors (Lipinski definition) is 3. The Labute approximate surface area is 180 Å². The molecule has 0 spiro atoms. The summed E-state index contributed by atoms with van der Waals surface area (Å²) in [4.78, 5) is 27.8. The Morgan fingerprint density at radius 2 is 1.86 bits per heavy atom. The molecule has 156 valence electrons. The Morgan fingerprint density at radius 1 is 1.17 bits per heavy atom. The molecule has 0 fully saturated rings. The monoisotopic (exact) mass is 436 g/mol.